The fraction of sp³-hybridized carbons (Fsp3) is 0.833. The maximum Gasteiger partial charge on any atom is 0.292 e. The zero-order valence-corrected chi connectivity index (χ0v) is 11.0. The first-order chi connectivity index (χ1) is 8.83. The lowest BCUT2D eigenvalue weighted by molar-refractivity contribution is 0.0476. The van der Waals surface area contributed by atoms with Crippen molar-refractivity contribution in [3.05, 3.63) is 0 Å². The van der Waals surface area contributed by atoms with Crippen LogP contribution < -0.4 is 14.8 Å². The average Bonchev–Trinajstić information content (AvgIpc) is 2.82. The summed E-state index contributed by atoms with van der Waals surface area (Å²) in [5.74, 6) is 2.65. The van der Waals surface area contributed by atoms with E-state index in [2.05, 4.69) is 14.1 Å². The minimum Gasteiger partial charge on any atom is -0.473 e. The van der Waals surface area contributed by atoms with Gasteiger partial charge in [0.05, 0.1) is 18.3 Å². The minimum atomic E-state index is -0.196. The van der Waals surface area contributed by atoms with Gasteiger partial charge in [-0.3, -0.25) is 5.32 Å². The summed E-state index contributed by atoms with van der Waals surface area (Å²) in [5, 5.41) is 3.47. The Labute approximate surface area is 110 Å². The van der Waals surface area contributed by atoms with E-state index < -0.39 is 0 Å². The molecule has 2 heterocycles. The molecule has 4 rings (SSSR count). The van der Waals surface area contributed by atoms with Crippen LogP contribution in [0.3, 0.4) is 0 Å². The minimum absolute atomic E-state index is 0.196. The van der Waals surface area contributed by atoms with Gasteiger partial charge in [-0.05, 0) is 31.1 Å². The molecule has 1 aromatic heterocycles. The topological polar surface area (TPSA) is 56.3 Å². The third-order valence-corrected chi connectivity index (χ3v) is 4.66. The normalized spacial score (nSPS) is 33.9. The Balaban J connectivity index is 1.45. The highest BCUT2D eigenvalue weighted by atomic mass is 32.1. The maximum atomic E-state index is 6.08. The predicted octanol–water partition coefficient (Wildman–Crippen LogP) is 1.81. The van der Waals surface area contributed by atoms with Crippen LogP contribution in [0.15, 0.2) is 0 Å². The van der Waals surface area contributed by atoms with Gasteiger partial charge in [0.25, 0.3) is 11.8 Å². The SMILES string of the molecule is C1CC1COc1nsnc1OC12CCC(CN1)C2. The summed E-state index contributed by atoms with van der Waals surface area (Å²) < 4.78 is 20.2. The summed E-state index contributed by atoms with van der Waals surface area (Å²) in [5.41, 5.74) is -0.196. The molecular formula is C12H17N3O2S. The van der Waals surface area contributed by atoms with Crippen LogP contribution in [0.1, 0.15) is 32.1 Å². The van der Waals surface area contributed by atoms with E-state index in [0.717, 1.165) is 37.8 Å². The van der Waals surface area contributed by atoms with Gasteiger partial charge in [0, 0.05) is 19.4 Å². The van der Waals surface area contributed by atoms with Gasteiger partial charge < -0.3 is 9.47 Å². The summed E-state index contributed by atoms with van der Waals surface area (Å²) in [6.07, 6.45) is 5.97. The molecule has 2 unspecified atom stereocenters. The summed E-state index contributed by atoms with van der Waals surface area (Å²) in [6, 6.07) is 0. The Morgan fingerprint density at radius 1 is 1.28 bits per heavy atom. The van der Waals surface area contributed by atoms with Crippen molar-refractivity contribution < 1.29 is 9.47 Å². The maximum absolute atomic E-state index is 6.08. The van der Waals surface area contributed by atoms with Crippen molar-refractivity contribution in [1.82, 2.24) is 14.1 Å². The van der Waals surface area contributed by atoms with Crippen molar-refractivity contribution >= 4 is 11.7 Å². The fourth-order valence-electron chi connectivity index (χ4n) is 2.89. The Morgan fingerprint density at radius 2 is 2.17 bits per heavy atom. The van der Waals surface area contributed by atoms with E-state index in [-0.39, 0.29) is 5.72 Å². The van der Waals surface area contributed by atoms with Crippen LogP contribution in [-0.4, -0.2) is 27.6 Å². The van der Waals surface area contributed by atoms with Crippen molar-refractivity contribution in [3.63, 3.8) is 0 Å². The summed E-state index contributed by atoms with van der Waals surface area (Å²) in [7, 11) is 0. The van der Waals surface area contributed by atoms with Gasteiger partial charge in [-0.25, -0.2) is 0 Å². The number of nitrogens with zero attached hydrogens (tertiary/aromatic N) is 2. The van der Waals surface area contributed by atoms with E-state index in [1.165, 1.54) is 31.0 Å². The molecule has 2 atom stereocenters. The third kappa shape index (κ3) is 1.97. The first-order valence-corrected chi connectivity index (χ1v) is 7.45. The van der Waals surface area contributed by atoms with Gasteiger partial charge >= 0.3 is 0 Å². The molecule has 1 aromatic rings. The highest BCUT2D eigenvalue weighted by Gasteiger charge is 2.47. The van der Waals surface area contributed by atoms with Crippen molar-refractivity contribution in [1.29, 1.82) is 0 Å². The third-order valence-electron chi connectivity index (χ3n) is 4.16. The number of rotatable bonds is 5. The van der Waals surface area contributed by atoms with Crippen molar-refractivity contribution in [2.45, 2.75) is 37.8 Å². The van der Waals surface area contributed by atoms with Crippen molar-refractivity contribution in [2.24, 2.45) is 11.8 Å². The molecule has 3 fully saturated rings. The summed E-state index contributed by atoms with van der Waals surface area (Å²) in [6.45, 7) is 1.82. The predicted molar refractivity (Wildman–Crippen MR) is 66.8 cm³/mol. The Bertz CT molecular complexity index is 438. The molecule has 98 valence electrons. The zero-order chi connectivity index (χ0) is 12.0. The second-order valence-electron chi connectivity index (χ2n) is 5.71. The van der Waals surface area contributed by atoms with E-state index in [0.29, 0.717) is 11.8 Å². The molecule has 5 nitrogen and oxygen atoms in total. The molecular weight excluding hydrogens is 250 g/mol. The van der Waals surface area contributed by atoms with Crippen LogP contribution in [0.4, 0.5) is 0 Å². The Hall–Kier alpha value is -0.880. The number of hydrogen-bond donors (Lipinski definition) is 1. The smallest absolute Gasteiger partial charge is 0.292 e. The molecule has 0 aromatic carbocycles. The Kier molecular flexibility index (Phi) is 2.48. The van der Waals surface area contributed by atoms with Gasteiger partial charge in [-0.1, -0.05) is 0 Å². The molecule has 3 aliphatic rings. The van der Waals surface area contributed by atoms with E-state index in [9.17, 15) is 0 Å². The quantitative estimate of drug-likeness (QED) is 0.881. The van der Waals surface area contributed by atoms with E-state index in [1.807, 2.05) is 0 Å². The molecule has 0 amide bonds. The van der Waals surface area contributed by atoms with Gasteiger partial charge in [0.1, 0.15) is 0 Å². The molecule has 1 saturated heterocycles. The average molecular weight is 267 g/mol. The number of nitrogens with one attached hydrogen (secondary N) is 1. The highest BCUT2D eigenvalue weighted by molar-refractivity contribution is 6.99. The lowest BCUT2D eigenvalue weighted by Gasteiger charge is -2.27. The second kappa shape index (κ2) is 4.06. The molecule has 18 heavy (non-hydrogen) atoms. The van der Waals surface area contributed by atoms with Crippen LogP contribution in [0.2, 0.25) is 0 Å². The van der Waals surface area contributed by atoms with E-state index >= 15 is 0 Å². The van der Waals surface area contributed by atoms with Crippen LogP contribution in [-0.2, 0) is 0 Å². The van der Waals surface area contributed by atoms with Crippen molar-refractivity contribution in [2.75, 3.05) is 13.2 Å². The molecule has 1 N–H and O–H groups in total. The second-order valence-corrected chi connectivity index (χ2v) is 6.24. The lowest BCUT2D eigenvalue weighted by atomic mass is 10.1. The Morgan fingerprint density at radius 3 is 2.83 bits per heavy atom. The largest absolute Gasteiger partial charge is 0.473 e. The number of ether oxygens (including phenoxy) is 2. The first kappa shape index (κ1) is 11.0. The van der Waals surface area contributed by atoms with Crippen LogP contribution in [0, 0.1) is 11.8 Å². The number of hydrogen-bond acceptors (Lipinski definition) is 6. The van der Waals surface area contributed by atoms with Crippen LogP contribution in [0.25, 0.3) is 0 Å². The van der Waals surface area contributed by atoms with Gasteiger partial charge in [-0.2, -0.15) is 0 Å². The van der Waals surface area contributed by atoms with Gasteiger partial charge in [0.15, 0.2) is 5.72 Å². The number of fused-ring (bicyclic) bond motifs is 2. The van der Waals surface area contributed by atoms with Gasteiger partial charge in [0.2, 0.25) is 0 Å². The molecule has 0 radical (unpaired) electrons. The molecule has 2 aliphatic carbocycles. The monoisotopic (exact) mass is 267 g/mol. The molecule has 6 heteroatoms. The van der Waals surface area contributed by atoms with E-state index in [4.69, 9.17) is 9.47 Å². The molecule has 2 bridgehead atoms. The van der Waals surface area contributed by atoms with Gasteiger partial charge in [-0.15, -0.1) is 8.75 Å². The molecule has 0 spiro atoms. The number of aromatic nitrogens is 2. The fourth-order valence-corrected chi connectivity index (χ4v) is 3.33. The summed E-state index contributed by atoms with van der Waals surface area (Å²) >= 11 is 1.17. The summed E-state index contributed by atoms with van der Waals surface area (Å²) in [4.78, 5) is 0. The number of piperidine rings is 1. The standard InChI is InChI=1S/C12H17N3O2S/c1-2-8(1)7-16-10-11(15-18-14-10)17-12-4-3-9(5-12)6-13-12/h8-9,13H,1-7H2. The molecule has 2 saturated carbocycles. The van der Waals surface area contributed by atoms with Crippen LogP contribution >= 0.6 is 11.7 Å². The molecule has 1 aliphatic heterocycles. The first-order valence-electron chi connectivity index (χ1n) is 6.72. The van der Waals surface area contributed by atoms with Crippen LogP contribution in [0.5, 0.6) is 11.8 Å². The van der Waals surface area contributed by atoms with Crippen molar-refractivity contribution in [3.8, 4) is 11.8 Å². The lowest BCUT2D eigenvalue weighted by Crippen LogP contribution is -2.45. The van der Waals surface area contributed by atoms with E-state index in [1.54, 1.807) is 0 Å². The highest BCUT2D eigenvalue weighted by Crippen LogP contribution is 2.42. The zero-order valence-electron chi connectivity index (χ0n) is 10.2.